The summed E-state index contributed by atoms with van der Waals surface area (Å²) in [6.45, 7) is 4.55. The van der Waals surface area contributed by atoms with Crippen molar-refractivity contribution in [1.82, 2.24) is 4.67 Å². The van der Waals surface area contributed by atoms with Crippen molar-refractivity contribution >= 4 is 39.2 Å². The van der Waals surface area contributed by atoms with Gasteiger partial charge in [0.1, 0.15) is 5.75 Å². The molecule has 1 aliphatic heterocycles. The van der Waals surface area contributed by atoms with Crippen LogP contribution in [-0.2, 0) is 23.1 Å². The third kappa shape index (κ3) is 9.47. The van der Waals surface area contributed by atoms with Crippen molar-refractivity contribution in [2.45, 2.75) is 77.5 Å². The Morgan fingerprint density at radius 1 is 1.11 bits per heavy atom. The van der Waals surface area contributed by atoms with Crippen LogP contribution >= 0.6 is 27.4 Å². The van der Waals surface area contributed by atoms with E-state index in [2.05, 4.69) is 23.7 Å². The van der Waals surface area contributed by atoms with Crippen molar-refractivity contribution in [1.29, 1.82) is 0 Å². The van der Waals surface area contributed by atoms with Crippen LogP contribution < -0.4 is 4.74 Å². The van der Waals surface area contributed by atoms with Gasteiger partial charge in [-0.1, -0.05) is 73.6 Å². The van der Waals surface area contributed by atoms with Gasteiger partial charge in [0, 0.05) is 19.5 Å². The van der Waals surface area contributed by atoms with E-state index in [1.807, 2.05) is 12.1 Å². The van der Waals surface area contributed by atoms with Crippen LogP contribution in [0.3, 0.4) is 0 Å². The first-order valence-corrected chi connectivity index (χ1v) is 14.7. The predicted molar refractivity (Wildman–Crippen MR) is 120 cm³/mol. The largest absolute Gasteiger partial charge is 0.465 e. The third-order valence-corrected chi connectivity index (χ3v) is 7.77. The molecular formula is C20H32Cl2NO2PS. The van der Waals surface area contributed by atoms with Gasteiger partial charge in [-0.3, -0.25) is 0 Å². The molecule has 1 aliphatic rings. The van der Waals surface area contributed by atoms with E-state index in [1.54, 1.807) is 0 Å². The zero-order valence-electron chi connectivity index (χ0n) is 16.2. The number of hydrogen-bond donors (Lipinski definition) is 0. The molecule has 1 aromatic rings. The first kappa shape index (κ1) is 23.4. The lowest BCUT2D eigenvalue weighted by Gasteiger charge is -2.26. The van der Waals surface area contributed by atoms with Crippen molar-refractivity contribution in [2.75, 3.05) is 13.2 Å². The lowest BCUT2D eigenvalue weighted by Crippen LogP contribution is -2.25. The summed E-state index contributed by atoms with van der Waals surface area (Å²) < 4.78 is 13.6. The molecule has 0 bridgehead atoms. The molecule has 3 nitrogen and oxygen atoms in total. The second kappa shape index (κ2) is 12.7. The van der Waals surface area contributed by atoms with Crippen LogP contribution in [0.2, 0.25) is 0 Å². The highest BCUT2D eigenvalue weighted by Crippen LogP contribution is 2.60. The van der Waals surface area contributed by atoms with Crippen LogP contribution in [0, 0.1) is 0 Å². The molecule has 154 valence electrons. The highest BCUT2D eigenvalue weighted by molar-refractivity contribution is 8.37. The summed E-state index contributed by atoms with van der Waals surface area (Å²) in [5, 5.41) is 0. The summed E-state index contributed by atoms with van der Waals surface area (Å²) in [4.78, 5) is -2.48. The second-order valence-corrected chi connectivity index (χ2v) is 14.8. The highest BCUT2D eigenvalue weighted by Gasteiger charge is 2.20. The maximum atomic E-state index is 6.35. The van der Waals surface area contributed by atoms with Gasteiger partial charge in [-0.05, 0) is 48.8 Å². The van der Waals surface area contributed by atoms with Crippen LogP contribution in [0.5, 0.6) is 5.75 Å². The van der Waals surface area contributed by atoms with E-state index in [1.165, 1.54) is 32.1 Å². The average Bonchev–Trinajstić information content (AvgIpc) is 2.65. The van der Waals surface area contributed by atoms with Crippen LogP contribution in [0.4, 0.5) is 0 Å². The first-order chi connectivity index (χ1) is 13.0. The third-order valence-electron chi connectivity index (χ3n) is 4.79. The van der Waals surface area contributed by atoms with Gasteiger partial charge in [0.15, 0.2) is 11.2 Å². The predicted octanol–water partition coefficient (Wildman–Crippen LogP) is 7.46. The summed E-state index contributed by atoms with van der Waals surface area (Å²) in [6, 6.07) is 8.10. The number of unbranched alkanes of at least 4 members (excludes halogenated alkanes) is 5. The van der Waals surface area contributed by atoms with E-state index in [4.69, 9.17) is 43.8 Å². The van der Waals surface area contributed by atoms with E-state index in [0.29, 0.717) is 6.54 Å². The molecule has 2 rings (SSSR count). The summed E-state index contributed by atoms with van der Waals surface area (Å²) in [5.74, 6) is 0.837. The monoisotopic (exact) mass is 451 g/mol. The van der Waals surface area contributed by atoms with Gasteiger partial charge in [-0.25, -0.2) is 4.67 Å². The molecule has 1 fully saturated rings. The normalized spacial score (nSPS) is 18.0. The van der Waals surface area contributed by atoms with Crippen molar-refractivity contribution in [3.63, 3.8) is 0 Å². The van der Waals surface area contributed by atoms with Gasteiger partial charge < -0.3 is 9.47 Å². The van der Waals surface area contributed by atoms with E-state index >= 15 is 0 Å². The molecule has 27 heavy (non-hydrogen) atoms. The van der Waals surface area contributed by atoms with Crippen molar-refractivity contribution in [3.05, 3.63) is 29.8 Å². The SMILES string of the molecule is CCCCCCCCN(Cc1ccc(OC2CCCCO2)cc1)P(=S)(Cl)Cl. The Morgan fingerprint density at radius 2 is 1.81 bits per heavy atom. The number of ether oxygens (including phenoxy) is 2. The minimum Gasteiger partial charge on any atom is -0.465 e. The lowest BCUT2D eigenvalue weighted by molar-refractivity contribution is -0.105. The second-order valence-electron chi connectivity index (χ2n) is 7.15. The molecule has 0 aliphatic carbocycles. The molecule has 1 saturated heterocycles. The van der Waals surface area contributed by atoms with Gasteiger partial charge in [0.05, 0.1) is 6.61 Å². The number of rotatable bonds is 12. The van der Waals surface area contributed by atoms with E-state index in [-0.39, 0.29) is 6.29 Å². The molecule has 0 radical (unpaired) electrons. The Bertz CT molecular complexity index is 576. The summed E-state index contributed by atoms with van der Waals surface area (Å²) in [5.41, 5.74) is 1.15. The van der Waals surface area contributed by atoms with Crippen molar-refractivity contribution in [2.24, 2.45) is 0 Å². The Kier molecular flexibility index (Phi) is 11.0. The summed E-state index contributed by atoms with van der Waals surface area (Å²) >= 11 is 18.1. The zero-order valence-corrected chi connectivity index (χ0v) is 19.5. The fraction of sp³-hybridized carbons (Fsp3) is 0.700. The molecule has 1 atom stereocenters. The molecule has 0 aromatic heterocycles. The molecule has 0 saturated carbocycles. The number of halogens is 2. The minimum atomic E-state index is -2.48. The number of benzene rings is 1. The Labute approximate surface area is 179 Å². The Balaban J connectivity index is 1.82. The van der Waals surface area contributed by atoms with Gasteiger partial charge in [0.2, 0.25) is 0 Å². The molecular weight excluding hydrogens is 420 g/mol. The maximum absolute atomic E-state index is 6.35. The smallest absolute Gasteiger partial charge is 0.199 e. The summed E-state index contributed by atoms with van der Waals surface area (Å²) in [6.07, 6.45) is 10.6. The molecule has 0 N–H and O–H groups in total. The molecule has 1 unspecified atom stereocenters. The molecule has 7 heteroatoms. The van der Waals surface area contributed by atoms with Gasteiger partial charge in [0.25, 0.3) is 0 Å². The van der Waals surface area contributed by atoms with E-state index < -0.39 is 4.89 Å². The van der Waals surface area contributed by atoms with Crippen LogP contribution in [0.15, 0.2) is 24.3 Å². The topological polar surface area (TPSA) is 21.7 Å². The average molecular weight is 452 g/mol. The van der Waals surface area contributed by atoms with Gasteiger partial charge in [-0.2, -0.15) is 0 Å². The Hall–Kier alpha value is 0.170. The van der Waals surface area contributed by atoms with Gasteiger partial charge in [-0.15, -0.1) is 0 Å². The van der Waals surface area contributed by atoms with Crippen molar-refractivity contribution < 1.29 is 9.47 Å². The highest BCUT2D eigenvalue weighted by atomic mass is 35.9. The molecule has 1 heterocycles. The maximum Gasteiger partial charge on any atom is 0.199 e. The van der Waals surface area contributed by atoms with Crippen LogP contribution in [-0.4, -0.2) is 24.1 Å². The van der Waals surface area contributed by atoms with E-state index in [0.717, 1.165) is 50.1 Å². The fourth-order valence-electron chi connectivity index (χ4n) is 3.19. The molecule has 1 aromatic carbocycles. The molecule has 0 spiro atoms. The Morgan fingerprint density at radius 3 is 2.44 bits per heavy atom. The minimum absolute atomic E-state index is 0.120. The summed E-state index contributed by atoms with van der Waals surface area (Å²) in [7, 11) is 0. The van der Waals surface area contributed by atoms with Crippen LogP contribution in [0.25, 0.3) is 0 Å². The number of nitrogens with zero attached hydrogens (tertiary/aromatic N) is 1. The zero-order chi connectivity index (χ0) is 19.5. The number of hydrogen-bond acceptors (Lipinski definition) is 3. The fourth-order valence-corrected chi connectivity index (χ4v) is 5.09. The first-order valence-electron chi connectivity index (χ1n) is 10.1. The van der Waals surface area contributed by atoms with E-state index in [9.17, 15) is 0 Å². The lowest BCUT2D eigenvalue weighted by atomic mass is 10.1. The standard InChI is InChI=1S/C20H32Cl2NO2PS/c1-2-3-4-5-6-8-15-23(26(21,22)27)17-18-11-13-19(14-12-18)25-20-10-7-9-16-24-20/h11-14,20H,2-10,15-17H2,1H3. The van der Waals surface area contributed by atoms with Crippen molar-refractivity contribution in [3.8, 4) is 5.75 Å². The quantitative estimate of drug-likeness (QED) is 0.242. The van der Waals surface area contributed by atoms with Crippen LogP contribution in [0.1, 0.15) is 70.3 Å². The molecule has 0 amide bonds. The van der Waals surface area contributed by atoms with Gasteiger partial charge >= 0.3 is 0 Å².